The largest absolute Gasteiger partial charge is 0.497 e. The first-order valence-corrected chi connectivity index (χ1v) is 8.27. The number of carbonyl (C=O) groups is 1. The summed E-state index contributed by atoms with van der Waals surface area (Å²) >= 11 is 1.59. The molecule has 0 saturated heterocycles. The molecule has 3 rings (SSSR count). The Morgan fingerprint density at radius 3 is 2.64 bits per heavy atom. The summed E-state index contributed by atoms with van der Waals surface area (Å²) in [5, 5.41) is -0.112. The molecule has 0 unspecified atom stereocenters. The number of nitrogens with zero attached hydrogens (tertiary/aromatic N) is 1. The highest BCUT2D eigenvalue weighted by Crippen LogP contribution is 2.32. The minimum Gasteiger partial charge on any atom is -0.497 e. The minimum absolute atomic E-state index is 0.112. The molecule has 0 radical (unpaired) electrons. The Kier molecular flexibility index (Phi) is 4.39. The van der Waals surface area contributed by atoms with Crippen molar-refractivity contribution >= 4 is 23.4 Å². The molecule has 2 aromatic carbocycles. The van der Waals surface area contributed by atoms with Crippen LogP contribution in [0.15, 0.2) is 53.4 Å². The highest BCUT2D eigenvalue weighted by molar-refractivity contribution is 8.00. The van der Waals surface area contributed by atoms with Crippen molar-refractivity contribution in [2.45, 2.75) is 23.5 Å². The van der Waals surface area contributed by atoms with Crippen LogP contribution < -0.4 is 9.64 Å². The zero-order valence-electron chi connectivity index (χ0n) is 12.8. The molecule has 1 atom stereocenters. The maximum absolute atomic E-state index is 12.7. The fraction of sp³-hybridized carbons (Fsp3) is 0.278. The van der Waals surface area contributed by atoms with Crippen molar-refractivity contribution in [3.8, 4) is 5.75 Å². The highest BCUT2D eigenvalue weighted by atomic mass is 32.2. The van der Waals surface area contributed by atoms with Crippen LogP contribution in [0.4, 0.5) is 5.69 Å². The third-order valence-corrected chi connectivity index (χ3v) is 4.97. The highest BCUT2D eigenvalue weighted by Gasteiger charge is 2.28. The van der Waals surface area contributed by atoms with Gasteiger partial charge in [-0.15, -0.1) is 11.8 Å². The van der Waals surface area contributed by atoms with E-state index in [2.05, 4.69) is 6.07 Å². The Hall–Kier alpha value is -1.94. The van der Waals surface area contributed by atoms with Gasteiger partial charge in [0.1, 0.15) is 5.75 Å². The Morgan fingerprint density at radius 2 is 1.91 bits per heavy atom. The number of rotatable bonds is 4. The van der Waals surface area contributed by atoms with Gasteiger partial charge in [-0.3, -0.25) is 4.79 Å². The van der Waals surface area contributed by atoms with Crippen LogP contribution in [0.25, 0.3) is 0 Å². The van der Waals surface area contributed by atoms with Crippen LogP contribution in [-0.2, 0) is 11.2 Å². The number of anilines is 1. The molecule has 114 valence electrons. The zero-order valence-corrected chi connectivity index (χ0v) is 13.6. The zero-order chi connectivity index (χ0) is 15.5. The quantitative estimate of drug-likeness (QED) is 0.805. The Bertz CT molecular complexity index is 669. The average Bonchev–Trinajstić information content (AvgIpc) is 2.99. The number of methoxy groups -OCH3 is 1. The van der Waals surface area contributed by atoms with E-state index in [1.807, 2.05) is 54.3 Å². The molecule has 1 aliphatic rings. The second-order valence-corrected chi connectivity index (χ2v) is 6.72. The average molecular weight is 313 g/mol. The molecule has 2 aromatic rings. The summed E-state index contributed by atoms with van der Waals surface area (Å²) < 4.78 is 5.16. The van der Waals surface area contributed by atoms with E-state index in [1.165, 1.54) is 5.56 Å². The van der Waals surface area contributed by atoms with Crippen LogP contribution >= 0.6 is 11.8 Å². The van der Waals surface area contributed by atoms with Crippen LogP contribution in [0.2, 0.25) is 0 Å². The molecule has 0 fully saturated rings. The molecule has 0 aliphatic carbocycles. The number of para-hydroxylation sites is 1. The molecule has 3 nitrogen and oxygen atoms in total. The van der Waals surface area contributed by atoms with E-state index in [0.717, 1.165) is 29.3 Å². The van der Waals surface area contributed by atoms with Crippen LogP contribution in [0, 0.1) is 0 Å². The van der Waals surface area contributed by atoms with Crippen LogP contribution in [0.5, 0.6) is 5.75 Å². The fourth-order valence-electron chi connectivity index (χ4n) is 2.70. The first-order chi connectivity index (χ1) is 10.7. The van der Waals surface area contributed by atoms with Gasteiger partial charge < -0.3 is 9.64 Å². The van der Waals surface area contributed by atoms with Crippen molar-refractivity contribution < 1.29 is 9.53 Å². The van der Waals surface area contributed by atoms with E-state index in [4.69, 9.17) is 4.74 Å². The summed E-state index contributed by atoms with van der Waals surface area (Å²) in [7, 11) is 1.65. The number of amides is 1. The van der Waals surface area contributed by atoms with Crippen LogP contribution in [0.3, 0.4) is 0 Å². The van der Waals surface area contributed by atoms with Gasteiger partial charge in [0, 0.05) is 17.1 Å². The molecule has 4 heteroatoms. The molecule has 1 heterocycles. The molecule has 0 saturated carbocycles. The molecule has 22 heavy (non-hydrogen) atoms. The maximum Gasteiger partial charge on any atom is 0.240 e. The van der Waals surface area contributed by atoms with Crippen molar-refractivity contribution in [2.75, 3.05) is 18.6 Å². The van der Waals surface area contributed by atoms with Gasteiger partial charge in [-0.2, -0.15) is 0 Å². The predicted molar refractivity (Wildman–Crippen MR) is 90.8 cm³/mol. The number of ether oxygens (including phenoxy) is 1. The SMILES string of the molecule is COc1ccc(S[C@@H](C)C(=O)N2CCc3ccccc32)cc1. The van der Waals surface area contributed by atoms with Gasteiger partial charge >= 0.3 is 0 Å². The lowest BCUT2D eigenvalue weighted by molar-refractivity contribution is -0.117. The van der Waals surface area contributed by atoms with Crippen molar-refractivity contribution in [3.63, 3.8) is 0 Å². The summed E-state index contributed by atoms with van der Waals surface area (Å²) in [6, 6.07) is 16.0. The van der Waals surface area contributed by atoms with Gasteiger partial charge in [-0.25, -0.2) is 0 Å². The third kappa shape index (κ3) is 2.97. The van der Waals surface area contributed by atoms with E-state index >= 15 is 0 Å². The molecule has 1 aliphatic heterocycles. The standard InChI is InChI=1S/C18H19NO2S/c1-13(22-16-9-7-15(21-2)8-10-16)18(20)19-12-11-14-5-3-4-6-17(14)19/h3-10,13H,11-12H2,1-2H3/t13-/m0/s1. The van der Waals surface area contributed by atoms with E-state index in [-0.39, 0.29) is 11.2 Å². The third-order valence-electron chi connectivity index (χ3n) is 3.87. The summed E-state index contributed by atoms with van der Waals surface area (Å²) in [5.41, 5.74) is 2.33. The molecule has 1 amide bonds. The lowest BCUT2D eigenvalue weighted by Crippen LogP contribution is -2.35. The van der Waals surface area contributed by atoms with E-state index in [1.54, 1.807) is 18.9 Å². The van der Waals surface area contributed by atoms with Crippen LogP contribution in [0.1, 0.15) is 12.5 Å². The molecular formula is C18H19NO2S. The summed E-state index contributed by atoms with van der Waals surface area (Å²) in [6.45, 7) is 2.75. The second-order valence-electron chi connectivity index (χ2n) is 5.30. The Morgan fingerprint density at radius 1 is 1.18 bits per heavy atom. The number of thioether (sulfide) groups is 1. The van der Waals surface area contributed by atoms with Gasteiger partial charge in [0.15, 0.2) is 0 Å². The molecule has 0 bridgehead atoms. The number of fused-ring (bicyclic) bond motifs is 1. The van der Waals surface area contributed by atoms with Gasteiger partial charge in [0.05, 0.1) is 12.4 Å². The Labute approximate surface area is 135 Å². The summed E-state index contributed by atoms with van der Waals surface area (Å²) in [5.74, 6) is 1.00. The molecule has 0 spiro atoms. The predicted octanol–water partition coefficient (Wildman–Crippen LogP) is 3.77. The van der Waals surface area contributed by atoms with Crippen molar-refractivity contribution in [2.24, 2.45) is 0 Å². The first-order valence-electron chi connectivity index (χ1n) is 7.39. The van der Waals surface area contributed by atoms with Crippen molar-refractivity contribution in [1.29, 1.82) is 0 Å². The molecular weight excluding hydrogens is 294 g/mol. The van der Waals surface area contributed by atoms with Gasteiger partial charge in [-0.05, 0) is 49.2 Å². The van der Waals surface area contributed by atoms with Gasteiger partial charge in [-0.1, -0.05) is 18.2 Å². The van der Waals surface area contributed by atoms with Crippen molar-refractivity contribution in [1.82, 2.24) is 0 Å². The minimum atomic E-state index is -0.112. The van der Waals surface area contributed by atoms with Crippen LogP contribution in [-0.4, -0.2) is 24.8 Å². The normalized spacial score (nSPS) is 14.5. The lowest BCUT2D eigenvalue weighted by Gasteiger charge is -2.21. The number of carbonyl (C=O) groups excluding carboxylic acids is 1. The summed E-state index contributed by atoms with van der Waals surface area (Å²) in [4.78, 5) is 15.7. The van der Waals surface area contributed by atoms with E-state index in [0.29, 0.717) is 0 Å². The summed E-state index contributed by atoms with van der Waals surface area (Å²) in [6.07, 6.45) is 0.946. The number of hydrogen-bond donors (Lipinski definition) is 0. The smallest absolute Gasteiger partial charge is 0.240 e. The fourth-order valence-corrected chi connectivity index (χ4v) is 3.62. The molecule has 0 aromatic heterocycles. The monoisotopic (exact) mass is 313 g/mol. The second kappa shape index (κ2) is 6.44. The Balaban J connectivity index is 1.70. The topological polar surface area (TPSA) is 29.5 Å². The molecule has 0 N–H and O–H groups in total. The lowest BCUT2D eigenvalue weighted by atomic mass is 10.2. The van der Waals surface area contributed by atoms with E-state index in [9.17, 15) is 4.79 Å². The number of benzene rings is 2. The van der Waals surface area contributed by atoms with Gasteiger partial charge in [0.25, 0.3) is 0 Å². The van der Waals surface area contributed by atoms with Crippen molar-refractivity contribution in [3.05, 3.63) is 54.1 Å². The number of hydrogen-bond acceptors (Lipinski definition) is 3. The van der Waals surface area contributed by atoms with E-state index < -0.39 is 0 Å². The maximum atomic E-state index is 12.7. The first kappa shape index (κ1) is 15.0. The van der Waals surface area contributed by atoms with Gasteiger partial charge in [0.2, 0.25) is 5.91 Å².